The highest BCUT2D eigenvalue weighted by molar-refractivity contribution is 6.30. The van der Waals surface area contributed by atoms with Gasteiger partial charge in [-0.05, 0) is 48.9 Å². The van der Waals surface area contributed by atoms with Gasteiger partial charge in [-0.1, -0.05) is 47.5 Å². The summed E-state index contributed by atoms with van der Waals surface area (Å²) < 4.78 is 49.3. The number of aryl methyl sites for hydroxylation is 1. The van der Waals surface area contributed by atoms with Crippen LogP contribution in [-0.4, -0.2) is 25.1 Å². The van der Waals surface area contributed by atoms with Crippen LogP contribution in [-0.2, 0) is 12.1 Å². The molecule has 0 aromatic heterocycles. The summed E-state index contributed by atoms with van der Waals surface area (Å²) in [5.41, 5.74) is -1.65. The predicted octanol–water partition coefficient (Wildman–Crippen LogP) is 6.42. The van der Waals surface area contributed by atoms with Crippen molar-refractivity contribution in [3.05, 3.63) is 94.0 Å². The van der Waals surface area contributed by atoms with Gasteiger partial charge in [-0.3, -0.25) is 9.69 Å². The third-order valence-corrected chi connectivity index (χ3v) is 6.26. The van der Waals surface area contributed by atoms with Gasteiger partial charge >= 0.3 is 12.2 Å². The molecule has 0 fully saturated rings. The normalized spacial score (nSPS) is 17.5. The number of nitrogens with zero attached hydrogens (tertiary/aromatic N) is 1. The summed E-state index contributed by atoms with van der Waals surface area (Å²) in [6.45, 7) is 1.75. The Balaban J connectivity index is 1.79. The summed E-state index contributed by atoms with van der Waals surface area (Å²) in [6, 6.07) is 16.1. The highest BCUT2D eigenvalue weighted by Gasteiger charge is 2.61. The minimum atomic E-state index is -4.98. The van der Waals surface area contributed by atoms with E-state index in [9.17, 15) is 22.8 Å². The quantitative estimate of drug-likeness (QED) is 0.396. The number of rotatable bonds is 6. The maximum absolute atomic E-state index is 14.7. The molecule has 0 aliphatic carbocycles. The lowest BCUT2D eigenvalue weighted by Gasteiger charge is -2.44. The second-order valence-corrected chi connectivity index (χ2v) is 8.83. The number of hydrogen-bond acceptors (Lipinski definition) is 3. The number of urea groups is 1. The van der Waals surface area contributed by atoms with Crippen molar-refractivity contribution in [2.45, 2.75) is 31.6 Å². The first-order chi connectivity index (χ1) is 16.5. The summed E-state index contributed by atoms with van der Waals surface area (Å²) in [4.78, 5) is 27.4. The summed E-state index contributed by atoms with van der Waals surface area (Å²) in [7, 11) is 1.52. The van der Waals surface area contributed by atoms with Crippen molar-refractivity contribution in [1.29, 1.82) is 0 Å². The predicted molar refractivity (Wildman–Crippen MR) is 127 cm³/mol. The maximum atomic E-state index is 14.7. The zero-order chi connectivity index (χ0) is 25.4. The number of anilines is 1. The number of ketones is 1. The van der Waals surface area contributed by atoms with Gasteiger partial charge in [-0.25, -0.2) is 4.79 Å². The lowest BCUT2D eigenvalue weighted by Crippen LogP contribution is -2.63. The Morgan fingerprint density at radius 3 is 2.43 bits per heavy atom. The molecular weight excluding hydrogens is 481 g/mol. The Morgan fingerprint density at radius 1 is 1.09 bits per heavy atom. The highest BCUT2D eigenvalue weighted by Crippen LogP contribution is 2.49. The van der Waals surface area contributed by atoms with Crippen molar-refractivity contribution in [1.82, 2.24) is 5.32 Å². The van der Waals surface area contributed by atoms with E-state index in [0.717, 1.165) is 11.6 Å². The highest BCUT2D eigenvalue weighted by atomic mass is 35.5. The van der Waals surface area contributed by atoms with E-state index in [-0.39, 0.29) is 28.4 Å². The SMILES string of the molecule is COc1ccc(CN2C(=O)NC(CC(=O)c3cccc(C)c3)(C(F)(F)F)c3cc(Cl)ccc32)cc1. The van der Waals surface area contributed by atoms with E-state index in [2.05, 4.69) is 5.32 Å². The first-order valence-electron chi connectivity index (χ1n) is 10.7. The molecule has 1 aliphatic heterocycles. The summed E-state index contributed by atoms with van der Waals surface area (Å²) in [6.07, 6.45) is -5.98. The van der Waals surface area contributed by atoms with Crippen molar-refractivity contribution >= 4 is 29.1 Å². The van der Waals surface area contributed by atoms with Gasteiger partial charge in [0.05, 0.1) is 19.3 Å². The van der Waals surface area contributed by atoms with Crippen LogP contribution in [0, 0.1) is 6.92 Å². The molecule has 3 aromatic rings. The second-order valence-electron chi connectivity index (χ2n) is 8.40. The van der Waals surface area contributed by atoms with E-state index >= 15 is 0 Å². The fourth-order valence-electron chi connectivity index (χ4n) is 4.21. The van der Waals surface area contributed by atoms with Crippen molar-refractivity contribution in [3.8, 4) is 5.75 Å². The van der Waals surface area contributed by atoms with Gasteiger partial charge in [0, 0.05) is 22.6 Å². The molecule has 3 aromatic carbocycles. The van der Waals surface area contributed by atoms with Gasteiger partial charge in [0.1, 0.15) is 5.75 Å². The number of methoxy groups -OCH3 is 1. The number of halogens is 4. The number of hydrogen-bond donors (Lipinski definition) is 1. The minimum absolute atomic E-state index is 0.00419. The molecule has 0 radical (unpaired) electrons. The van der Waals surface area contributed by atoms with E-state index in [1.54, 1.807) is 43.3 Å². The van der Waals surface area contributed by atoms with Crippen LogP contribution in [0.3, 0.4) is 0 Å². The number of ether oxygens (including phenoxy) is 1. The molecule has 0 bridgehead atoms. The van der Waals surface area contributed by atoms with E-state index < -0.39 is 30.0 Å². The molecule has 1 N–H and O–H groups in total. The Bertz CT molecular complexity index is 1280. The molecule has 1 atom stereocenters. The number of carbonyl (C=O) groups is 2. The Hall–Kier alpha value is -3.52. The second kappa shape index (κ2) is 9.26. The van der Waals surface area contributed by atoms with Crippen LogP contribution in [0.4, 0.5) is 23.7 Å². The molecule has 5 nitrogen and oxygen atoms in total. The molecule has 0 saturated carbocycles. The fourth-order valence-corrected chi connectivity index (χ4v) is 4.38. The van der Waals surface area contributed by atoms with Crippen LogP contribution in [0.5, 0.6) is 5.75 Å². The van der Waals surface area contributed by atoms with E-state index in [0.29, 0.717) is 11.3 Å². The van der Waals surface area contributed by atoms with Gasteiger partial charge < -0.3 is 10.1 Å². The molecule has 1 unspecified atom stereocenters. The lowest BCUT2D eigenvalue weighted by atomic mass is 9.80. The number of Topliss-reactive ketones (excluding diaryl/α,β-unsaturated/α-hetero) is 1. The van der Waals surface area contributed by atoms with Crippen LogP contribution in [0.1, 0.15) is 33.5 Å². The Kier molecular flexibility index (Phi) is 6.51. The minimum Gasteiger partial charge on any atom is -0.497 e. The van der Waals surface area contributed by atoms with Crippen LogP contribution in [0.25, 0.3) is 0 Å². The number of amides is 2. The van der Waals surface area contributed by atoms with Crippen molar-refractivity contribution in [2.24, 2.45) is 0 Å². The molecule has 2 amide bonds. The number of nitrogens with one attached hydrogen (secondary N) is 1. The van der Waals surface area contributed by atoms with E-state index in [1.807, 2.05) is 0 Å². The molecular formula is C26H22ClF3N2O3. The largest absolute Gasteiger partial charge is 0.497 e. The van der Waals surface area contributed by atoms with E-state index in [4.69, 9.17) is 16.3 Å². The number of benzene rings is 3. The number of carbonyl (C=O) groups excluding carboxylic acids is 2. The molecule has 0 saturated heterocycles. The molecule has 35 heavy (non-hydrogen) atoms. The van der Waals surface area contributed by atoms with Gasteiger partial charge in [-0.15, -0.1) is 0 Å². The third kappa shape index (κ3) is 4.71. The Morgan fingerprint density at radius 2 is 1.80 bits per heavy atom. The molecule has 182 valence electrons. The number of alkyl halides is 3. The van der Waals surface area contributed by atoms with E-state index in [1.165, 1.54) is 36.3 Å². The van der Waals surface area contributed by atoms with Crippen LogP contribution < -0.4 is 15.0 Å². The van der Waals surface area contributed by atoms with Crippen LogP contribution >= 0.6 is 11.6 Å². The van der Waals surface area contributed by atoms with Gasteiger partial charge in [0.15, 0.2) is 11.3 Å². The maximum Gasteiger partial charge on any atom is 0.416 e. The van der Waals surface area contributed by atoms with Crippen molar-refractivity contribution in [2.75, 3.05) is 12.0 Å². The van der Waals surface area contributed by atoms with Crippen molar-refractivity contribution in [3.63, 3.8) is 0 Å². The molecule has 1 heterocycles. The lowest BCUT2D eigenvalue weighted by molar-refractivity contribution is -0.196. The molecule has 1 aliphatic rings. The zero-order valence-electron chi connectivity index (χ0n) is 18.9. The molecule has 4 rings (SSSR count). The monoisotopic (exact) mass is 502 g/mol. The van der Waals surface area contributed by atoms with Gasteiger partial charge in [0.25, 0.3) is 0 Å². The molecule has 9 heteroatoms. The Labute approximate surface area is 205 Å². The van der Waals surface area contributed by atoms with Gasteiger partial charge in [0.2, 0.25) is 0 Å². The van der Waals surface area contributed by atoms with Crippen LogP contribution in [0.2, 0.25) is 5.02 Å². The first kappa shape index (κ1) is 24.6. The summed E-state index contributed by atoms with van der Waals surface area (Å²) in [5.74, 6) is -0.143. The summed E-state index contributed by atoms with van der Waals surface area (Å²) in [5, 5.41) is 2.18. The standard InChI is InChI=1S/C26H22ClF3N2O3/c1-16-4-3-5-18(12-16)23(33)14-25(26(28,29)30)21-13-19(27)8-11-22(21)32(24(34)31-25)15-17-6-9-20(35-2)10-7-17/h3-13H,14-15H2,1-2H3,(H,31,34). The average Bonchev–Trinajstić information content (AvgIpc) is 2.81. The van der Waals surface area contributed by atoms with Crippen molar-refractivity contribution < 1.29 is 27.5 Å². The summed E-state index contributed by atoms with van der Waals surface area (Å²) >= 11 is 6.11. The first-order valence-corrected chi connectivity index (χ1v) is 11.1. The van der Waals surface area contributed by atoms with Crippen LogP contribution in [0.15, 0.2) is 66.7 Å². The average molecular weight is 503 g/mol. The third-order valence-electron chi connectivity index (χ3n) is 6.02. The number of fused-ring (bicyclic) bond motifs is 1. The fraction of sp³-hybridized carbons (Fsp3) is 0.231. The zero-order valence-corrected chi connectivity index (χ0v) is 19.7. The molecule has 0 spiro atoms. The van der Waals surface area contributed by atoms with Gasteiger partial charge in [-0.2, -0.15) is 13.2 Å². The topological polar surface area (TPSA) is 58.6 Å². The smallest absolute Gasteiger partial charge is 0.416 e.